The van der Waals surface area contributed by atoms with Crippen molar-refractivity contribution in [2.24, 2.45) is 0 Å². The first-order valence-electron chi connectivity index (χ1n) is 8.62. The maximum atomic E-state index is 13.1. The van der Waals surface area contributed by atoms with E-state index in [2.05, 4.69) is 5.32 Å². The van der Waals surface area contributed by atoms with Crippen LogP contribution in [-0.2, 0) is 16.0 Å². The predicted octanol–water partition coefficient (Wildman–Crippen LogP) is 4.17. The Labute approximate surface area is 156 Å². The molecule has 27 heavy (non-hydrogen) atoms. The van der Waals surface area contributed by atoms with Gasteiger partial charge >= 0.3 is 5.97 Å². The lowest BCUT2D eigenvalue weighted by Crippen LogP contribution is -2.11. The minimum absolute atomic E-state index is 0.0543. The molecule has 5 nitrogen and oxygen atoms in total. The molecule has 2 N–H and O–H groups in total. The molecule has 144 valence electrons. The molecule has 7 heteroatoms. The lowest BCUT2D eigenvalue weighted by molar-refractivity contribution is -0.137. The van der Waals surface area contributed by atoms with E-state index in [0.717, 1.165) is 12.1 Å². The highest BCUT2D eigenvalue weighted by Crippen LogP contribution is 2.17. The summed E-state index contributed by atoms with van der Waals surface area (Å²) < 4.78 is 31.4. The number of hydrogen-bond acceptors (Lipinski definition) is 3. The average Bonchev–Trinajstić information content (AvgIpc) is 2.63. The quantitative estimate of drug-likeness (QED) is 0.610. The average molecular weight is 377 g/mol. The third-order valence-corrected chi connectivity index (χ3v) is 3.80. The fourth-order valence-corrected chi connectivity index (χ4v) is 2.42. The van der Waals surface area contributed by atoms with Gasteiger partial charge in [-0.2, -0.15) is 0 Å². The van der Waals surface area contributed by atoms with E-state index in [-0.39, 0.29) is 18.7 Å². The Morgan fingerprint density at radius 1 is 0.963 bits per heavy atom. The predicted molar refractivity (Wildman–Crippen MR) is 96.7 cm³/mol. The molecular weight excluding hydrogens is 356 g/mol. The number of carboxylic acid groups (broad SMARTS) is 1. The van der Waals surface area contributed by atoms with E-state index in [1.54, 1.807) is 24.3 Å². The summed E-state index contributed by atoms with van der Waals surface area (Å²) in [7, 11) is 0. The molecule has 0 heterocycles. The number of aliphatic carboxylic acids is 1. The molecule has 0 unspecified atom stereocenters. The number of aryl methyl sites for hydroxylation is 1. The number of ether oxygens (including phenoxy) is 1. The summed E-state index contributed by atoms with van der Waals surface area (Å²) in [6.45, 7) is 0.308. The third-order valence-electron chi connectivity index (χ3n) is 3.80. The molecule has 1 amide bonds. The zero-order valence-corrected chi connectivity index (χ0v) is 14.7. The van der Waals surface area contributed by atoms with Crippen molar-refractivity contribution >= 4 is 17.6 Å². The number of anilines is 1. The van der Waals surface area contributed by atoms with Crippen molar-refractivity contribution in [2.75, 3.05) is 11.9 Å². The van der Waals surface area contributed by atoms with Crippen LogP contribution in [0.25, 0.3) is 0 Å². The largest absolute Gasteiger partial charge is 0.494 e. The van der Waals surface area contributed by atoms with Crippen molar-refractivity contribution in [3.8, 4) is 5.75 Å². The van der Waals surface area contributed by atoms with Crippen molar-refractivity contribution in [3.63, 3.8) is 0 Å². The first kappa shape index (κ1) is 20.4. The number of carboxylic acids is 1. The van der Waals surface area contributed by atoms with Gasteiger partial charge in [0.25, 0.3) is 0 Å². The van der Waals surface area contributed by atoms with Crippen molar-refractivity contribution in [3.05, 3.63) is 59.7 Å². The first-order chi connectivity index (χ1) is 12.9. The molecule has 0 aliphatic rings. The Bertz CT molecular complexity index is 778. The minimum atomic E-state index is -0.887. The van der Waals surface area contributed by atoms with E-state index in [1.165, 1.54) is 6.07 Å². The Balaban J connectivity index is 1.70. The number of halogens is 2. The van der Waals surface area contributed by atoms with E-state index in [9.17, 15) is 18.4 Å². The normalized spacial score (nSPS) is 10.4. The second-order valence-corrected chi connectivity index (χ2v) is 6.02. The molecule has 0 aliphatic heterocycles. The summed E-state index contributed by atoms with van der Waals surface area (Å²) in [5, 5.41) is 11.3. The van der Waals surface area contributed by atoms with Gasteiger partial charge in [0.15, 0.2) is 11.6 Å². The molecule has 0 fully saturated rings. The van der Waals surface area contributed by atoms with Crippen LogP contribution in [0.1, 0.15) is 31.2 Å². The van der Waals surface area contributed by atoms with Gasteiger partial charge in [-0.25, -0.2) is 8.78 Å². The van der Waals surface area contributed by atoms with Gasteiger partial charge in [-0.15, -0.1) is 0 Å². The Morgan fingerprint density at radius 2 is 1.70 bits per heavy atom. The fourth-order valence-electron chi connectivity index (χ4n) is 2.42. The van der Waals surface area contributed by atoms with Gasteiger partial charge in [0.05, 0.1) is 6.61 Å². The lowest BCUT2D eigenvalue weighted by Gasteiger charge is -2.08. The molecule has 0 aromatic heterocycles. The van der Waals surface area contributed by atoms with Gasteiger partial charge in [-0.3, -0.25) is 9.59 Å². The van der Waals surface area contributed by atoms with Crippen LogP contribution in [-0.4, -0.2) is 23.6 Å². The number of rotatable bonds is 10. The number of benzene rings is 2. The van der Waals surface area contributed by atoms with Crippen LogP contribution in [0.5, 0.6) is 5.75 Å². The van der Waals surface area contributed by atoms with Gasteiger partial charge in [-0.1, -0.05) is 6.07 Å². The van der Waals surface area contributed by atoms with Crippen LogP contribution < -0.4 is 10.1 Å². The molecule has 0 radical (unpaired) electrons. The number of amides is 1. The molecule has 0 aliphatic carbocycles. The Kier molecular flexibility index (Phi) is 7.73. The molecule has 0 saturated carbocycles. The zero-order chi connectivity index (χ0) is 19.6. The molecule has 0 atom stereocenters. The van der Waals surface area contributed by atoms with Crippen LogP contribution in [0.15, 0.2) is 42.5 Å². The molecule has 2 aromatic rings. The zero-order valence-electron chi connectivity index (χ0n) is 14.7. The highest BCUT2D eigenvalue weighted by Gasteiger charge is 2.06. The molecule has 0 saturated heterocycles. The molecule has 0 bridgehead atoms. The van der Waals surface area contributed by atoms with Crippen LogP contribution >= 0.6 is 0 Å². The number of hydrogen-bond donors (Lipinski definition) is 2. The third kappa shape index (κ3) is 7.43. The topological polar surface area (TPSA) is 75.6 Å². The SMILES string of the molecule is O=C(O)CCCOc1ccc(NC(=O)CCCc2ccc(F)c(F)c2)cc1. The second kappa shape index (κ2) is 10.3. The standard InChI is InChI=1S/C20H21F2NO4/c21-17-11-6-14(13-18(17)22)3-1-4-19(24)23-15-7-9-16(10-8-15)27-12-2-5-20(25)26/h6-11,13H,1-5,12H2,(H,23,24)(H,25,26). The van der Waals surface area contributed by atoms with Gasteiger partial charge in [-0.05, 0) is 61.2 Å². The minimum Gasteiger partial charge on any atom is -0.494 e. The van der Waals surface area contributed by atoms with Crippen molar-refractivity contribution < 1.29 is 28.2 Å². The van der Waals surface area contributed by atoms with Gasteiger partial charge in [0.2, 0.25) is 5.91 Å². The highest BCUT2D eigenvalue weighted by atomic mass is 19.2. The van der Waals surface area contributed by atoms with Crippen LogP contribution in [0.3, 0.4) is 0 Å². The summed E-state index contributed by atoms with van der Waals surface area (Å²) in [5.74, 6) is -2.21. The molecule has 0 spiro atoms. The summed E-state index contributed by atoms with van der Waals surface area (Å²) in [4.78, 5) is 22.4. The van der Waals surface area contributed by atoms with Crippen molar-refractivity contribution in [2.45, 2.75) is 32.1 Å². The first-order valence-corrected chi connectivity index (χ1v) is 8.62. The van der Waals surface area contributed by atoms with Gasteiger partial charge in [0, 0.05) is 18.5 Å². The summed E-state index contributed by atoms with van der Waals surface area (Å²) in [6.07, 6.45) is 1.73. The fraction of sp³-hybridized carbons (Fsp3) is 0.300. The molecule has 2 aromatic carbocycles. The Morgan fingerprint density at radius 3 is 2.37 bits per heavy atom. The lowest BCUT2D eigenvalue weighted by atomic mass is 10.1. The highest BCUT2D eigenvalue weighted by molar-refractivity contribution is 5.90. The summed E-state index contributed by atoms with van der Waals surface area (Å²) in [6, 6.07) is 10.5. The Hall–Kier alpha value is -2.96. The maximum absolute atomic E-state index is 13.1. The van der Waals surface area contributed by atoms with Crippen LogP contribution in [0.2, 0.25) is 0 Å². The monoisotopic (exact) mass is 377 g/mol. The number of nitrogens with one attached hydrogen (secondary N) is 1. The second-order valence-electron chi connectivity index (χ2n) is 6.02. The van der Waals surface area contributed by atoms with E-state index < -0.39 is 17.6 Å². The van der Waals surface area contributed by atoms with Crippen molar-refractivity contribution in [1.29, 1.82) is 0 Å². The summed E-state index contributed by atoms with van der Waals surface area (Å²) >= 11 is 0. The van der Waals surface area contributed by atoms with Gasteiger partial charge in [0.1, 0.15) is 5.75 Å². The van der Waals surface area contributed by atoms with E-state index >= 15 is 0 Å². The van der Waals surface area contributed by atoms with Crippen LogP contribution in [0, 0.1) is 11.6 Å². The van der Waals surface area contributed by atoms with Crippen LogP contribution in [0.4, 0.5) is 14.5 Å². The molecule has 2 rings (SSSR count). The maximum Gasteiger partial charge on any atom is 0.303 e. The van der Waals surface area contributed by atoms with E-state index in [0.29, 0.717) is 42.9 Å². The van der Waals surface area contributed by atoms with E-state index in [1.807, 2.05) is 0 Å². The smallest absolute Gasteiger partial charge is 0.303 e. The number of carbonyl (C=O) groups is 2. The summed E-state index contributed by atoms with van der Waals surface area (Å²) in [5.41, 5.74) is 1.26. The molecular formula is C20H21F2NO4. The van der Waals surface area contributed by atoms with Crippen molar-refractivity contribution in [1.82, 2.24) is 0 Å². The number of carbonyl (C=O) groups excluding carboxylic acids is 1. The van der Waals surface area contributed by atoms with E-state index in [4.69, 9.17) is 9.84 Å². The van der Waals surface area contributed by atoms with Gasteiger partial charge < -0.3 is 15.2 Å².